The molecule has 0 N–H and O–H groups in total. The second-order valence-electron chi connectivity index (χ2n) is 13.7. The van der Waals surface area contributed by atoms with Gasteiger partial charge in [-0.3, -0.25) is 0 Å². The first-order valence-corrected chi connectivity index (χ1v) is 16.8. The van der Waals surface area contributed by atoms with Crippen LogP contribution in [0.4, 0.5) is 0 Å². The Labute approximate surface area is 273 Å². The number of aromatic nitrogens is 1. The number of allylic oxidation sites excluding steroid dienone is 4. The third kappa shape index (κ3) is 3.05. The van der Waals surface area contributed by atoms with Gasteiger partial charge in [0, 0.05) is 16.7 Å². The van der Waals surface area contributed by atoms with Gasteiger partial charge in [0.05, 0.1) is 22.1 Å². The minimum atomic E-state index is -0.422. The van der Waals surface area contributed by atoms with E-state index >= 15 is 0 Å². The van der Waals surface area contributed by atoms with Gasteiger partial charge in [0.2, 0.25) is 0 Å². The van der Waals surface area contributed by atoms with Crippen molar-refractivity contribution in [2.75, 3.05) is 0 Å². The molecule has 11 rings (SSSR count). The molecule has 0 bridgehead atoms. The van der Waals surface area contributed by atoms with E-state index in [0.29, 0.717) is 5.92 Å². The molecule has 47 heavy (non-hydrogen) atoms. The van der Waals surface area contributed by atoms with Gasteiger partial charge in [0.1, 0.15) is 0 Å². The molecular formula is C46H31N. The molecule has 3 aliphatic rings. The molecule has 1 aliphatic heterocycles. The van der Waals surface area contributed by atoms with Gasteiger partial charge >= 0.3 is 0 Å². The molecule has 0 saturated carbocycles. The van der Waals surface area contributed by atoms with Crippen LogP contribution in [0.15, 0.2) is 163 Å². The molecule has 7 aromatic carbocycles. The molecule has 2 heterocycles. The topological polar surface area (TPSA) is 4.93 Å². The molecule has 220 valence electrons. The van der Waals surface area contributed by atoms with Crippen molar-refractivity contribution in [2.24, 2.45) is 5.92 Å². The number of nitrogens with zero attached hydrogens (tertiary/aromatic N) is 1. The number of benzene rings is 7. The van der Waals surface area contributed by atoms with Crippen molar-refractivity contribution in [2.45, 2.75) is 18.3 Å². The van der Waals surface area contributed by atoms with Crippen molar-refractivity contribution in [1.82, 2.24) is 4.57 Å². The van der Waals surface area contributed by atoms with Crippen LogP contribution in [-0.2, 0) is 5.41 Å². The molecule has 2 aliphatic carbocycles. The quantitative estimate of drug-likeness (QED) is 0.166. The number of fused-ring (bicyclic) bond motifs is 14. The first kappa shape index (κ1) is 25.5. The van der Waals surface area contributed by atoms with Crippen molar-refractivity contribution in [3.63, 3.8) is 0 Å². The summed E-state index contributed by atoms with van der Waals surface area (Å²) >= 11 is 0. The maximum Gasteiger partial charge on any atom is 0.0723 e. The van der Waals surface area contributed by atoms with Crippen LogP contribution in [0.3, 0.4) is 0 Å². The number of rotatable bonds is 1. The summed E-state index contributed by atoms with van der Waals surface area (Å²) in [4.78, 5) is 0. The van der Waals surface area contributed by atoms with Gasteiger partial charge in [-0.25, -0.2) is 0 Å². The SMILES string of the molecule is CC1C=CC2=C(C1c1ccc3c(ccc4ccccc43)c1)C1(c3ccccc32)c2ccccc2-n2c3ccccc3c3cccc1c32. The molecule has 0 saturated heterocycles. The van der Waals surface area contributed by atoms with E-state index in [1.807, 2.05) is 0 Å². The molecule has 1 aromatic heterocycles. The lowest BCUT2D eigenvalue weighted by Crippen LogP contribution is -2.38. The molecule has 3 atom stereocenters. The first-order valence-electron chi connectivity index (χ1n) is 16.8. The monoisotopic (exact) mass is 597 g/mol. The average molecular weight is 598 g/mol. The lowest BCUT2D eigenvalue weighted by atomic mass is 9.59. The second kappa shape index (κ2) is 8.99. The second-order valence-corrected chi connectivity index (χ2v) is 13.7. The first-order chi connectivity index (χ1) is 23.2. The summed E-state index contributed by atoms with van der Waals surface area (Å²) in [5.41, 5.74) is 13.3. The van der Waals surface area contributed by atoms with Crippen molar-refractivity contribution >= 4 is 48.9 Å². The van der Waals surface area contributed by atoms with Gasteiger partial charge in [-0.05, 0) is 78.6 Å². The summed E-state index contributed by atoms with van der Waals surface area (Å²) in [6.45, 7) is 2.42. The van der Waals surface area contributed by atoms with Crippen LogP contribution in [-0.4, -0.2) is 4.57 Å². The van der Waals surface area contributed by atoms with Crippen molar-refractivity contribution in [1.29, 1.82) is 0 Å². The minimum Gasteiger partial charge on any atom is -0.309 e. The fraction of sp³-hybridized carbons (Fsp3) is 0.0870. The summed E-state index contributed by atoms with van der Waals surface area (Å²) in [6, 6.07) is 55.0. The maximum absolute atomic E-state index is 2.54. The highest BCUT2D eigenvalue weighted by Gasteiger charge is 2.55. The lowest BCUT2D eigenvalue weighted by molar-refractivity contribution is 0.546. The van der Waals surface area contributed by atoms with Crippen LogP contribution < -0.4 is 0 Å². The Morgan fingerprint density at radius 3 is 2.19 bits per heavy atom. The molecule has 3 unspecified atom stereocenters. The maximum atomic E-state index is 2.54. The Kier molecular flexibility index (Phi) is 4.88. The fourth-order valence-electron chi connectivity index (χ4n) is 9.72. The molecular weight excluding hydrogens is 567 g/mol. The highest BCUT2D eigenvalue weighted by atomic mass is 15.0. The van der Waals surface area contributed by atoms with Crippen LogP contribution in [0.1, 0.15) is 40.7 Å². The third-order valence-electron chi connectivity index (χ3n) is 11.5. The highest BCUT2D eigenvalue weighted by Crippen LogP contribution is 2.65. The molecule has 1 spiro atoms. The fourth-order valence-corrected chi connectivity index (χ4v) is 9.72. The van der Waals surface area contributed by atoms with E-state index in [0.717, 1.165) is 0 Å². The predicted octanol–water partition coefficient (Wildman–Crippen LogP) is 11.5. The summed E-state index contributed by atoms with van der Waals surface area (Å²) in [6.07, 6.45) is 4.89. The zero-order valence-electron chi connectivity index (χ0n) is 26.1. The van der Waals surface area contributed by atoms with Gasteiger partial charge in [0.15, 0.2) is 0 Å². The number of hydrogen-bond acceptors (Lipinski definition) is 0. The van der Waals surface area contributed by atoms with Gasteiger partial charge in [-0.15, -0.1) is 0 Å². The molecule has 1 nitrogen and oxygen atoms in total. The van der Waals surface area contributed by atoms with Crippen LogP contribution in [0.5, 0.6) is 0 Å². The van der Waals surface area contributed by atoms with E-state index in [-0.39, 0.29) is 5.92 Å². The normalized spacial score (nSPS) is 20.8. The molecule has 1 heteroatoms. The summed E-state index contributed by atoms with van der Waals surface area (Å²) < 4.78 is 2.54. The predicted molar refractivity (Wildman–Crippen MR) is 197 cm³/mol. The van der Waals surface area contributed by atoms with Gasteiger partial charge in [0.25, 0.3) is 0 Å². The van der Waals surface area contributed by atoms with Crippen LogP contribution in [0, 0.1) is 5.92 Å². The average Bonchev–Trinajstić information content (AvgIpc) is 3.62. The van der Waals surface area contributed by atoms with Gasteiger partial charge < -0.3 is 4.57 Å². The van der Waals surface area contributed by atoms with E-state index in [1.165, 1.54) is 88.0 Å². The van der Waals surface area contributed by atoms with Crippen LogP contribution in [0.25, 0.3) is 54.6 Å². The van der Waals surface area contributed by atoms with E-state index < -0.39 is 5.41 Å². The summed E-state index contributed by atoms with van der Waals surface area (Å²) in [5, 5.41) is 7.87. The minimum absolute atomic E-state index is 0.206. The summed E-state index contributed by atoms with van der Waals surface area (Å²) in [7, 11) is 0. The Morgan fingerprint density at radius 2 is 1.26 bits per heavy atom. The molecule has 0 radical (unpaired) electrons. The lowest BCUT2D eigenvalue weighted by Gasteiger charge is -2.45. The molecule has 8 aromatic rings. The zero-order chi connectivity index (χ0) is 30.9. The smallest absolute Gasteiger partial charge is 0.0723 e. The largest absolute Gasteiger partial charge is 0.309 e. The van der Waals surface area contributed by atoms with Crippen molar-refractivity contribution in [3.05, 3.63) is 191 Å². The zero-order valence-corrected chi connectivity index (χ0v) is 26.1. The van der Waals surface area contributed by atoms with Crippen molar-refractivity contribution in [3.8, 4) is 5.69 Å². The Morgan fingerprint density at radius 1 is 0.553 bits per heavy atom. The number of para-hydroxylation sites is 3. The van der Waals surface area contributed by atoms with Gasteiger partial charge in [-0.2, -0.15) is 0 Å². The molecule has 0 fully saturated rings. The van der Waals surface area contributed by atoms with E-state index in [1.54, 1.807) is 0 Å². The Bertz CT molecular complexity index is 2720. The molecule has 0 amide bonds. The van der Waals surface area contributed by atoms with Gasteiger partial charge in [-0.1, -0.05) is 153 Å². The number of hydrogen-bond donors (Lipinski definition) is 0. The van der Waals surface area contributed by atoms with Crippen LogP contribution in [0.2, 0.25) is 0 Å². The standard InChI is InChI=1S/C46H31N/c1-28-21-25-36-34-13-4-6-16-38(34)46(44(36)43(28)31-24-26-33-30(27-31)23-22-29-11-2-3-12-32(29)33)39-17-7-9-20-42(39)47-41-19-8-5-14-35(41)37-15-10-18-40(46)45(37)47/h2-28,43H,1H3. The summed E-state index contributed by atoms with van der Waals surface area (Å²) in [5.74, 6) is 0.537. The van der Waals surface area contributed by atoms with Crippen LogP contribution >= 0.6 is 0 Å². The highest BCUT2D eigenvalue weighted by molar-refractivity contribution is 6.13. The Hall–Kier alpha value is -5.66. The van der Waals surface area contributed by atoms with E-state index in [2.05, 4.69) is 169 Å². The Balaban J connectivity index is 1.28. The van der Waals surface area contributed by atoms with Crippen molar-refractivity contribution < 1.29 is 0 Å². The third-order valence-corrected chi connectivity index (χ3v) is 11.5. The van der Waals surface area contributed by atoms with E-state index in [4.69, 9.17) is 0 Å². The van der Waals surface area contributed by atoms with E-state index in [9.17, 15) is 0 Å².